The molecule has 1 aromatic carbocycles. The van der Waals surface area contributed by atoms with Crippen LogP contribution in [0.1, 0.15) is 21.5 Å². The maximum Gasteiger partial charge on any atom is 0.278 e. The van der Waals surface area contributed by atoms with E-state index in [0.29, 0.717) is 11.4 Å². The Labute approximate surface area is 184 Å². The molecule has 0 aliphatic heterocycles. The molecule has 0 saturated heterocycles. The summed E-state index contributed by atoms with van der Waals surface area (Å²) in [5, 5.41) is 9.21. The van der Waals surface area contributed by atoms with Crippen molar-refractivity contribution in [3.8, 4) is 40.1 Å². The molecule has 4 aromatic rings. The van der Waals surface area contributed by atoms with Crippen molar-refractivity contribution in [2.75, 3.05) is 7.11 Å². The molecule has 0 atom stereocenters. The van der Waals surface area contributed by atoms with Crippen LogP contribution in [0.3, 0.4) is 0 Å². The maximum atomic E-state index is 12.3. The van der Waals surface area contributed by atoms with Crippen LogP contribution in [0.2, 0.25) is 0 Å². The Kier molecular flexibility index (Phi) is 6.16. The summed E-state index contributed by atoms with van der Waals surface area (Å²) in [5.41, 5.74) is 5.89. The lowest BCUT2D eigenvalue weighted by atomic mass is 10.0. The van der Waals surface area contributed by atoms with Crippen LogP contribution in [0.4, 0.5) is 0 Å². The second-order valence-electron chi connectivity index (χ2n) is 6.69. The van der Waals surface area contributed by atoms with E-state index in [1.165, 1.54) is 7.11 Å². The highest BCUT2D eigenvalue weighted by molar-refractivity contribution is 5.99. The van der Waals surface area contributed by atoms with E-state index in [-0.39, 0.29) is 11.3 Å². The number of ether oxygens (including phenoxy) is 1. The SMILES string of the molecule is COc1c(C(=O)NO)cc(-c2cccnc2)nc1-c1ccc(C#Cc2cccnc2)cc1. The molecule has 1 amide bonds. The fraction of sp³-hybridized carbons (Fsp3) is 0.0400. The molecule has 156 valence electrons. The van der Waals surface area contributed by atoms with Crippen LogP contribution in [-0.4, -0.2) is 33.2 Å². The summed E-state index contributed by atoms with van der Waals surface area (Å²) in [6.07, 6.45) is 6.70. The second kappa shape index (κ2) is 9.51. The number of nitrogens with zero attached hydrogens (tertiary/aromatic N) is 3. The average Bonchev–Trinajstić information content (AvgIpc) is 2.87. The molecule has 0 spiro atoms. The molecule has 32 heavy (non-hydrogen) atoms. The van der Waals surface area contributed by atoms with Gasteiger partial charge in [-0.15, -0.1) is 0 Å². The lowest BCUT2D eigenvalue weighted by Gasteiger charge is -2.14. The minimum Gasteiger partial charge on any atom is -0.494 e. The number of carbonyl (C=O) groups excluding carboxylic acids is 1. The van der Waals surface area contributed by atoms with Crippen LogP contribution in [0.5, 0.6) is 5.75 Å². The van der Waals surface area contributed by atoms with Crippen molar-refractivity contribution in [2.24, 2.45) is 0 Å². The number of hydroxylamine groups is 1. The third-order valence-electron chi connectivity index (χ3n) is 4.65. The quantitative estimate of drug-likeness (QED) is 0.295. The predicted molar refractivity (Wildman–Crippen MR) is 119 cm³/mol. The van der Waals surface area contributed by atoms with Crippen LogP contribution in [0, 0.1) is 11.8 Å². The first kappa shape index (κ1) is 20.7. The Morgan fingerprint density at radius 1 is 0.938 bits per heavy atom. The number of hydrogen-bond donors (Lipinski definition) is 2. The summed E-state index contributed by atoms with van der Waals surface area (Å²) in [6, 6.07) is 16.3. The molecule has 3 heterocycles. The topological polar surface area (TPSA) is 97.2 Å². The molecule has 0 unspecified atom stereocenters. The third-order valence-corrected chi connectivity index (χ3v) is 4.65. The van der Waals surface area contributed by atoms with Gasteiger partial charge in [-0.3, -0.25) is 20.0 Å². The summed E-state index contributed by atoms with van der Waals surface area (Å²) in [4.78, 5) is 25.2. The minimum atomic E-state index is -0.699. The number of nitrogens with one attached hydrogen (secondary N) is 1. The molecule has 7 nitrogen and oxygen atoms in total. The van der Waals surface area contributed by atoms with Gasteiger partial charge in [0.05, 0.1) is 18.4 Å². The molecule has 2 N–H and O–H groups in total. The van der Waals surface area contributed by atoms with Gasteiger partial charge in [0.25, 0.3) is 5.91 Å². The van der Waals surface area contributed by atoms with E-state index in [1.54, 1.807) is 42.4 Å². The summed E-state index contributed by atoms with van der Waals surface area (Å²) in [5.74, 6) is 5.71. The highest BCUT2D eigenvalue weighted by atomic mass is 16.5. The first-order valence-electron chi connectivity index (χ1n) is 9.66. The van der Waals surface area contributed by atoms with Gasteiger partial charge in [-0.2, -0.15) is 0 Å². The van der Waals surface area contributed by atoms with Crippen molar-refractivity contribution in [3.63, 3.8) is 0 Å². The molecule has 0 aliphatic carbocycles. The zero-order valence-corrected chi connectivity index (χ0v) is 17.1. The third kappa shape index (κ3) is 4.46. The number of benzene rings is 1. The smallest absolute Gasteiger partial charge is 0.278 e. The molecular formula is C25H18N4O3. The molecule has 7 heteroatoms. The molecule has 0 bridgehead atoms. The van der Waals surface area contributed by atoms with Crippen molar-refractivity contribution in [3.05, 3.63) is 96.1 Å². The summed E-state index contributed by atoms with van der Waals surface area (Å²) >= 11 is 0. The number of pyridine rings is 3. The van der Waals surface area contributed by atoms with Crippen LogP contribution < -0.4 is 10.2 Å². The maximum absolute atomic E-state index is 12.3. The summed E-state index contributed by atoms with van der Waals surface area (Å²) in [6.45, 7) is 0. The van der Waals surface area contributed by atoms with Crippen molar-refractivity contribution in [2.45, 2.75) is 0 Å². The van der Waals surface area contributed by atoms with E-state index < -0.39 is 5.91 Å². The van der Waals surface area contributed by atoms with E-state index in [0.717, 1.165) is 22.3 Å². The van der Waals surface area contributed by atoms with Gasteiger partial charge < -0.3 is 4.74 Å². The highest BCUT2D eigenvalue weighted by Gasteiger charge is 2.20. The Bertz CT molecular complexity index is 1300. The molecule has 0 saturated carbocycles. The number of aromatic nitrogens is 3. The number of carbonyl (C=O) groups is 1. The first-order chi connectivity index (χ1) is 15.7. The van der Waals surface area contributed by atoms with Gasteiger partial charge in [0, 0.05) is 47.0 Å². The van der Waals surface area contributed by atoms with Gasteiger partial charge in [0.15, 0.2) is 5.75 Å². The molecule has 0 fully saturated rings. The Morgan fingerprint density at radius 2 is 1.66 bits per heavy atom. The number of hydrogen-bond acceptors (Lipinski definition) is 6. The lowest BCUT2D eigenvalue weighted by molar-refractivity contribution is 0.0703. The van der Waals surface area contributed by atoms with Crippen molar-refractivity contribution >= 4 is 5.91 Å². The van der Waals surface area contributed by atoms with Crippen molar-refractivity contribution in [1.82, 2.24) is 20.4 Å². The highest BCUT2D eigenvalue weighted by Crippen LogP contribution is 2.35. The minimum absolute atomic E-state index is 0.152. The fourth-order valence-corrected chi connectivity index (χ4v) is 3.12. The summed E-state index contributed by atoms with van der Waals surface area (Å²) in [7, 11) is 1.45. The molecule has 3 aromatic heterocycles. The zero-order valence-electron chi connectivity index (χ0n) is 17.1. The Morgan fingerprint density at radius 3 is 2.28 bits per heavy atom. The van der Waals surface area contributed by atoms with E-state index in [2.05, 4.69) is 21.8 Å². The van der Waals surface area contributed by atoms with Crippen LogP contribution >= 0.6 is 0 Å². The van der Waals surface area contributed by atoms with Crippen molar-refractivity contribution < 1.29 is 14.7 Å². The summed E-state index contributed by atoms with van der Waals surface area (Å²) < 4.78 is 5.50. The monoisotopic (exact) mass is 422 g/mol. The van der Waals surface area contributed by atoms with Gasteiger partial charge in [0.2, 0.25) is 0 Å². The second-order valence-corrected chi connectivity index (χ2v) is 6.69. The predicted octanol–water partition coefficient (Wildman–Crippen LogP) is 3.73. The molecule has 4 rings (SSSR count). The van der Waals surface area contributed by atoms with Gasteiger partial charge in [0.1, 0.15) is 5.69 Å². The zero-order chi connectivity index (χ0) is 22.3. The standard InChI is InChI=1S/C25H18N4O3/c1-32-24-21(25(30)29-31)14-22(20-5-3-13-27-16-20)28-23(24)19-10-8-17(9-11-19)6-7-18-4-2-12-26-15-18/h2-5,8-16,31H,1H3,(H,29,30). The molecule has 0 radical (unpaired) electrons. The van der Waals surface area contributed by atoms with Gasteiger partial charge >= 0.3 is 0 Å². The molecular weight excluding hydrogens is 404 g/mol. The normalized spacial score (nSPS) is 10.1. The van der Waals surface area contributed by atoms with E-state index >= 15 is 0 Å². The Balaban J connectivity index is 1.78. The largest absolute Gasteiger partial charge is 0.494 e. The van der Waals surface area contributed by atoms with Crippen LogP contribution in [-0.2, 0) is 0 Å². The van der Waals surface area contributed by atoms with Crippen LogP contribution in [0.15, 0.2) is 79.4 Å². The Hall–Kier alpha value is -4.54. The fourth-order valence-electron chi connectivity index (χ4n) is 3.12. The lowest BCUT2D eigenvalue weighted by Crippen LogP contribution is -2.20. The van der Waals surface area contributed by atoms with E-state index in [1.807, 2.05) is 42.5 Å². The van der Waals surface area contributed by atoms with Gasteiger partial charge in [-0.1, -0.05) is 24.0 Å². The average molecular weight is 422 g/mol. The van der Waals surface area contributed by atoms with Crippen molar-refractivity contribution in [1.29, 1.82) is 0 Å². The number of methoxy groups -OCH3 is 1. The van der Waals surface area contributed by atoms with Crippen LogP contribution in [0.25, 0.3) is 22.5 Å². The number of rotatable bonds is 4. The van der Waals surface area contributed by atoms with E-state index in [4.69, 9.17) is 9.72 Å². The van der Waals surface area contributed by atoms with Gasteiger partial charge in [-0.05, 0) is 42.5 Å². The number of amides is 1. The van der Waals surface area contributed by atoms with E-state index in [9.17, 15) is 10.0 Å². The molecule has 0 aliphatic rings. The van der Waals surface area contributed by atoms with Gasteiger partial charge in [-0.25, -0.2) is 10.5 Å². The first-order valence-corrected chi connectivity index (χ1v) is 9.66.